The summed E-state index contributed by atoms with van der Waals surface area (Å²) in [5, 5.41) is 0.558. The first-order chi connectivity index (χ1) is 14.0. The van der Waals surface area contributed by atoms with Gasteiger partial charge in [0, 0.05) is 11.5 Å². The lowest BCUT2D eigenvalue weighted by molar-refractivity contribution is 0.0845. The first-order valence-corrected chi connectivity index (χ1v) is 8.52. The van der Waals surface area contributed by atoms with E-state index in [0.717, 1.165) is 12.1 Å². The predicted octanol–water partition coefficient (Wildman–Crippen LogP) is 3.85. The van der Waals surface area contributed by atoms with Crippen LogP contribution >= 0.6 is 0 Å². The van der Waals surface area contributed by atoms with E-state index in [1.54, 1.807) is 36.4 Å². The van der Waals surface area contributed by atoms with Crippen LogP contribution in [0.5, 0.6) is 0 Å². The first kappa shape index (κ1) is 18.3. The standard InChI is InChI=1S/C21H13F2N3O3/c22-12-7-8-14(16(23)10-12)20(27)25-26-21(28)15-11-18(19-6-3-9-29-19)24-17-5-2-1-4-13(15)17/h1-11H,(H,25,27)(H,26,28). The molecule has 2 heterocycles. The third-order valence-corrected chi connectivity index (χ3v) is 4.20. The summed E-state index contributed by atoms with van der Waals surface area (Å²) in [5.74, 6) is -2.92. The maximum atomic E-state index is 13.7. The lowest BCUT2D eigenvalue weighted by Crippen LogP contribution is -2.42. The molecule has 2 amide bonds. The number of para-hydroxylation sites is 1. The van der Waals surface area contributed by atoms with Crippen LogP contribution in [0, 0.1) is 11.6 Å². The third-order valence-electron chi connectivity index (χ3n) is 4.20. The SMILES string of the molecule is O=C(NNC(=O)c1cc(-c2ccco2)nc2ccccc12)c1ccc(F)cc1F. The van der Waals surface area contributed by atoms with Gasteiger partial charge < -0.3 is 4.42 Å². The number of carbonyl (C=O) groups is 2. The van der Waals surface area contributed by atoms with E-state index in [4.69, 9.17) is 4.42 Å². The molecule has 0 aliphatic heterocycles. The van der Waals surface area contributed by atoms with Crippen LogP contribution in [0.15, 0.2) is 71.3 Å². The zero-order valence-electron chi connectivity index (χ0n) is 14.8. The van der Waals surface area contributed by atoms with E-state index < -0.39 is 29.0 Å². The largest absolute Gasteiger partial charge is 0.463 e. The summed E-state index contributed by atoms with van der Waals surface area (Å²) in [6, 6.07) is 14.4. The number of rotatable bonds is 3. The summed E-state index contributed by atoms with van der Waals surface area (Å²) in [5.41, 5.74) is 5.21. The number of hydrogen-bond acceptors (Lipinski definition) is 4. The highest BCUT2D eigenvalue weighted by Crippen LogP contribution is 2.25. The van der Waals surface area contributed by atoms with Gasteiger partial charge in [-0.2, -0.15) is 0 Å². The van der Waals surface area contributed by atoms with Crippen molar-refractivity contribution in [1.82, 2.24) is 15.8 Å². The van der Waals surface area contributed by atoms with Gasteiger partial charge in [0.25, 0.3) is 11.8 Å². The average molecular weight is 393 g/mol. The second-order valence-corrected chi connectivity index (χ2v) is 6.08. The molecule has 2 aromatic carbocycles. The molecule has 4 rings (SSSR count). The highest BCUT2D eigenvalue weighted by molar-refractivity contribution is 6.08. The number of pyridine rings is 1. The van der Waals surface area contributed by atoms with Crippen molar-refractivity contribution in [1.29, 1.82) is 0 Å². The van der Waals surface area contributed by atoms with Crippen molar-refractivity contribution in [3.05, 3.63) is 89.7 Å². The molecule has 8 heteroatoms. The topological polar surface area (TPSA) is 84.2 Å². The fraction of sp³-hybridized carbons (Fsp3) is 0. The number of hydrazine groups is 1. The van der Waals surface area contributed by atoms with Gasteiger partial charge in [-0.05, 0) is 36.4 Å². The lowest BCUT2D eigenvalue weighted by atomic mass is 10.1. The molecule has 0 aliphatic carbocycles. The molecule has 0 saturated heterocycles. The van der Waals surface area contributed by atoms with Crippen molar-refractivity contribution >= 4 is 22.7 Å². The lowest BCUT2D eigenvalue weighted by Gasteiger charge is -2.11. The minimum atomic E-state index is -1.04. The Kier molecular flexibility index (Phi) is 4.74. The first-order valence-electron chi connectivity index (χ1n) is 8.52. The van der Waals surface area contributed by atoms with Crippen LogP contribution in [-0.2, 0) is 0 Å². The minimum absolute atomic E-state index is 0.238. The van der Waals surface area contributed by atoms with Crippen LogP contribution in [0.4, 0.5) is 8.78 Å². The van der Waals surface area contributed by atoms with Gasteiger partial charge in [0.15, 0.2) is 5.76 Å². The Bertz CT molecular complexity index is 1220. The quantitative estimate of drug-likeness (QED) is 0.518. The molecule has 0 unspecified atom stereocenters. The number of aromatic nitrogens is 1. The van der Waals surface area contributed by atoms with E-state index in [1.807, 2.05) is 0 Å². The molecule has 0 spiro atoms. The Morgan fingerprint density at radius 2 is 1.62 bits per heavy atom. The Labute approximate surface area is 163 Å². The molecule has 144 valence electrons. The molecular formula is C21H13F2N3O3. The Balaban J connectivity index is 1.62. The molecule has 0 fully saturated rings. The van der Waals surface area contributed by atoms with Crippen molar-refractivity contribution in [2.75, 3.05) is 0 Å². The van der Waals surface area contributed by atoms with Crippen LogP contribution in [-0.4, -0.2) is 16.8 Å². The van der Waals surface area contributed by atoms with Gasteiger partial charge in [-0.25, -0.2) is 13.8 Å². The molecule has 6 nitrogen and oxygen atoms in total. The molecule has 0 radical (unpaired) electrons. The van der Waals surface area contributed by atoms with Crippen LogP contribution in [0.1, 0.15) is 20.7 Å². The zero-order chi connectivity index (χ0) is 20.4. The van der Waals surface area contributed by atoms with Gasteiger partial charge in [0.1, 0.15) is 17.3 Å². The van der Waals surface area contributed by atoms with E-state index in [1.165, 1.54) is 12.3 Å². The number of furan rings is 1. The molecule has 0 atom stereocenters. The number of carbonyl (C=O) groups excluding carboxylic acids is 2. The van der Waals surface area contributed by atoms with Crippen molar-refractivity contribution < 1.29 is 22.8 Å². The van der Waals surface area contributed by atoms with E-state index in [9.17, 15) is 18.4 Å². The number of hydrogen-bond donors (Lipinski definition) is 2. The number of nitrogens with one attached hydrogen (secondary N) is 2. The highest BCUT2D eigenvalue weighted by Gasteiger charge is 2.17. The fourth-order valence-corrected chi connectivity index (χ4v) is 2.84. The number of amides is 2. The molecule has 2 aromatic heterocycles. The van der Waals surface area contributed by atoms with Crippen molar-refractivity contribution in [2.24, 2.45) is 0 Å². The summed E-state index contributed by atoms with van der Waals surface area (Å²) < 4.78 is 32.1. The monoisotopic (exact) mass is 393 g/mol. The molecular weight excluding hydrogens is 380 g/mol. The van der Waals surface area contributed by atoms with E-state index in [0.29, 0.717) is 28.4 Å². The molecule has 4 aromatic rings. The molecule has 0 saturated carbocycles. The van der Waals surface area contributed by atoms with E-state index in [2.05, 4.69) is 15.8 Å². The van der Waals surface area contributed by atoms with Gasteiger partial charge in [-0.1, -0.05) is 18.2 Å². The normalized spacial score (nSPS) is 10.7. The van der Waals surface area contributed by atoms with E-state index in [-0.39, 0.29) is 5.56 Å². The Morgan fingerprint density at radius 3 is 2.34 bits per heavy atom. The molecule has 0 aliphatic rings. The van der Waals surface area contributed by atoms with E-state index >= 15 is 0 Å². The second kappa shape index (κ2) is 7.51. The predicted molar refractivity (Wildman–Crippen MR) is 101 cm³/mol. The Morgan fingerprint density at radius 1 is 0.862 bits per heavy atom. The maximum absolute atomic E-state index is 13.7. The van der Waals surface area contributed by atoms with Gasteiger partial charge in [-0.15, -0.1) is 0 Å². The summed E-state index contributed by atoms with van der Waals surface area (Å²) in [6.07, 6.45) is 1.49. The van der Waals surface area contributed by atoms with Gasteiger partial charge in [0.2, 0.25) is 0 Å². The fourth-order valence-electron chi connectivity index (χ4n) is 2.84. The summed E-state index contributed by atoms with van der Waals surface area (Å²) >= 11 is 0. The Hall–Kier alpha value is -4.07. The average Bonchev–Trinajstić information content (AvgIpc) is 3.26. The van der Waals surface area contributed by atoms with Crippen LogP contribution < -0.4 is 10.9 Å². The smallest absolute Gasteiger partial charge is 0.272 e. The second-order valence-electron chi connectivity index (χ2n) is 6.08. The van der Waals surface area contributed by atoms with Crippen molar-refractivity contribution in [3.8, 4) is 11.5 Å². The van der Waals surface area contributed by atoms with Gasteiger partial charge in [-0.3, -0.25) is 20.4 Å². The zero-order valence-corrected chi connectivity index (χ0v) is 14.8. The number of nitrogens with zero attached hydrogens (tertiary/aromatic N) is 1. The van der Waals surface area contributed by atoms with Crippen LogP contribution in [0.3, 0.4) is 0 Å². The summed E-state index contributed by atoms with van der Waals surface area (Å²) in [7, 11) is 0. The molecule has 0 bridgehead atoms. The van der Waals surface area contributed by atoms with Gasteiger partial charge in [0.05, 0.1) is 22.9 Å². The highest BCUT2D eigenvalue weighted by atomic mass is 19.1. The number of fused-ring (bicyclic) bond motifs is 1. The van der Waals surface area contributed by atoms with Crippen LogP contribution in [0.25, 0.3) is 22.4 Å². The number of halogens is 2. The summed E-state index contributed by atoms with van der Waals surface area (Å²) in [6.45, 7) is 0. The molecule has 29 heavy (non-hydrogen) atoms. The van der Waals surface area contributed by atoms with Gasteiger partial charge >= 0.3 is 0 Å². The number of benzene rings is 2. The van der Waals surface area contributed by atoms with Crippen molar-refractivity contribution in [3.63, 3.8) is 0 Å². The summed E-state index contributed by atoms with van der Waals surface area (Å²) in [4.78, 5) is 29.3. The third kappa shape index (κ3) is 3.68. The van der Waals surface area contributed by atoms with Crippen LogP contribution in [0.2, 0.25) is 0 Å². The molecule has 2 N–H and O–H groups in total. The van der Waals surface area contributed by atoms with Crippen molar-refractivity contribution in [2.45, 2.75) is 0 Å². The maximum Gasteiger partial charge on any atom is 0.272 e. The minimum Gasteiger partial charge on any atom is -0.463 e.